The molecule has 0 bridgehead atoms. The summed E-state index contributed by atoms with van der Waals surface area (Å²) in [5.74, 6) is 0.301. The summed E-state index contributed by atoms with van der Waals surface area (Å²) in [6.07, 6.45) is 0. The van der Waals surface area contributed by atoms with Gasteiger partial charge in [-0.25, -0.2) is 0 Å². The molecule has 1 saturated heterocycles. The molecule has 1 heterocycles. The molecule has 3 heteroatoms. The molecule has 0 unspecified atom stereocenters. The summed E-state index contributed by atoms with van der Waals surface area (Å²) in [7, 11) is 0. The minimum atomic E-state index is 0.239. The first-order valence-electron chi connectivity index (χ1n) is 4.66. The molecule has 0 aromatic rings. The van der Waals surface area contributed by atoms with E-state index in [1.807, 2.05) is 0 Å². The summed E-state index contributed by atoms with van der Waals surface area (Å²) in [5, 5.41) is 9.01. The Labute approximate surface area is 74.3 Å². The Morgan fingerprint density at radius 3 is 2.92 bits per heavy atom. The van der Waals surface area contributed by atoms with Crippen LogP contribution in [0.2, 0.25) is 0 Å². The van der Waals surface area contributed by atoms with Crippen molar-refractivity contribution < 1.29 is 9.84 Å². The van der Waals surface area contributed by atoms with Crippen LogP contribution in [0.4, 0.5) is 0 Å². The van der Waals surface area contributed by atoms with Crippen LogP contribution in [-0.2, 0) is 4.74 Å². The molecule has 1 aliphatic heterocycles. The number of aliphatic hydroxyl groups excluding tert-OH is 1. The Morgan fingerprint density at radius 1 is 1.58 bits per heavy atom. The van der Waals surface area contributed by atoms with E-state index >= 15 is 0 Å². The lowest BCUT2D eigenvalue weighted by Crippen LogP contribution is -2.36. The predicted octanol–water partition coefficient (Wildman–Crippen LogP) is 0.336. The highest BCUT2D eigenvalue weighted by Crippen LogP contribution is 2.08. The molecule has 1 N–H and O–H groups in total. The summed E-state index contributed by atoms with van der Waals surface area (Å²) in [4.78, 5) is 2.36. The van der Waals surface area contributed by atoms with E-state index in [1.165, 1.54) is 0 Å². The molecule has 0 saturated carbocycles. The first kappa shape index (κ1) is 9.96. The number of nitrogens with zero attached hydrogens (tertiary/aromatic N) is 1. The molecule has 0 spiro atoms. The third kappa shape index (κ3) is 2.73. The highest BCUT2D eigenvalue weighted by molar-refractivity contribution is 4.71. The van der Waals surface area contributed by atoms with Crippen molar-refractivity contribution in [3.8, 4) is 0 Å². The van der Waals surface area contributed by atoms with Crippen molar-refractivity contribution >= 4 is 0 Å². The van der Waals surface area contributed by atoms with Crippen molar-refractivity contribution in [2.45, 2.75) is 19.9 Å². The SMILES string of the molecule is CC(C)N1CCOC[C@H](CO)C1. The lowest BCUT2D eigenvalue weighted by Gasteiger charge is -2.25. The number of hydrogen-bond donors (Lipinski definition) is 1. The fraction of sp³-hybridized carbons (Fsp3) is 1.00. The first-order chi connectivity index (χ1) is 5.74. The van der Waals surface area contributed by atoms with E-state index in [1.54, 1.807) is 0 Å². The van der Waals surface area contributed by atoms with E-state index in [-0.39, 0.29) is 6.61 Å². The van der Waals surface area contributed by atoms with Gasteiger partial charge in [0.1, 0.15) is 0 Å². The van der Waals surface area contributed by atoms with Gasteiger partial charge in [-0.3, -0.25) is 4.90 Å². The largest absolute Gasteiger partial charge is 0.396 e. The Hall–Kier alpha value is -0.120. The van der Waals surface area contributed by atoms with Gasteiger partial charge in [-0.2, -0.15) is 0 Å². The van der Waals surface area contributed by atoms with Crippen LogP contribution in [-0.4, -0.2) is 49.0 Å². The highest BCUT2D eigenvalue weighted by atomic mass is 16.5. The quantitative estimate of drug-likeness (QED) is 0.653. The van der Waals surface area contributed by atoms with Gasteiger partial charge < -0.3 is 9.84 Å². The third-order valence-electron chi connectivity index (χ3n) is 2.36. The van der Waals surface area contributed by atoms with Gasteiger partial charge in [0.05, 0.1) is 13.2 Å². The summed E-state index contributed by atoms with van der Waals surface area (Å²) >= 11 is 0. The Morgan fingerprint density at radius 2 is 2.33 bits per heavy atom. The fourth-order valence-corrected chi connectivity index (χ4v) is 1.49. The van der Waals surface area contributed by atoms with E-state index in [0.717, 1.165) is 19.7 Å². The molecule has 0 radical (unpaired) electrons. The van der Waals surface area contributed by atoms with Crippen LogP contribution < -0.4 is 0 Å². The predicted molar refractivity (Wildman–Crippen MR) is 48.1 cm³/mol. The maximum Gasteiger partial charge on any atom is 0.0593 e. The van der Waals surface area contributed by atoms with E-state index in [4.69, 9.17) is 9.84 Å². The van der Waals surface area contributed by atoms with Crippen LogP contribution in [0.15, 0.2) is 0 Å². The fourth-order valence-electron chi connectivity index (χ4n) is 1.49. The molecule has 3 nitrogen and oxygen atoms in total. The van der Waals surface area contributed by atoms with Crippen LogP contribution >= 0.6 is 0 Å². The number of hydrogen-bond acceptors (Lipinski definition) is 3. The lowest BCUT2D eigenvalue weighted by molar-refractivity contribution is 0.0957. The molecule has 1 aliphatic rings. The van der Waals surface area contributed by atoms with Gasteiger partial charge in [-0.1, -0.05) is 0 Å². The van der Waals surface area contributed by atoms with Crippen LogP contribution in [0.1, 0.15) is 13.8 Å². The number of ether oxygens (including phenoxy) is 1. The van der Waals surface area contributed by atoms with Crippen molar-refractivity contribution in [2.24, 2.45) is 5.92 Å². The van der Waals surface area contributed by atoms with Crippen molar-refractivity contribution in [2.75, 3.05) is 32.9 Å². The zero-order chi connectivity index (χ0) is 8.97. The normalized spacial score (nSPS) is 27.5. The molecule has 0 aromatic carbocycles. The molecule has 12 heavy (non-hydrogen) atoms. The van der Waals surface area contributed by atoms with E-state index in [2.05, 4.69) is 18.7 Å². The van der Waals surface area contributed by atoms with Crippen LogP contribution in [0.3, 0.4) is 0 Å². The second-order valence-corrected chi connectivity index (χ2v) is 3.71. The molecule has 1 atom stereocenters. The summed E-state index contributed by atoms with van der Waals surface area (Å²) < 4.78 is 5.38. The molecular formula is C9H19NO2. The van der Waals surface area contributed by atoms with Crippen LogP contribution in [0.25, 0.3) is 0 Å². The lowest BCUT2D eigenvalue weighted by atomic mass is 10.1. The summed E-state index contributed by atoms with van der Waals surface area (Å²) in [6, 6.07) is 0.556. The maximum atomic E-state index is 9.01. The molecule has 72 valence electrons. The van der Waals surface area contributed by atoms with Gasteiger partial charge in [0.25, 0.3) is 0 Å². The van der Waals surface area contributed by atoms with Crippen molar-refractivity contribution in [3.05, 3.63) is 0 Å². The van der Waals surface area contributed by atoms with Crippen LogP contribution in [0.5, 0.6) is 0 Å². The van der Waals surface area contributed by atoms with Gasteiger partial charge in [0.2, 0.25) is 0 Å². The first-order valence-corrected chi connectivity index (χ1v) is 4.66. The van der Waals surface area contributed by atoms with Crippen molar-refractivity contribution in [3.63, 3.8) is 0 Å². The second-order valence-electron chi connectivity index (χ2n) is 3.71. The zero-order valence-corrected chi connectivity index (χ0v) is 7.99. The van der Waals surface area contributed by atoms with Gasteiger partial charge in [-0.05, 0) is 13.8 Å². The molecule has 0 aromatic heterocycles. The Kier molecular flexibility index (Phi) is 3.98. The summed E-state index contributed by atoms with van der Waals surface area (Å²) in [6.45, 7) is 8.07. The minimum absolute atomic E-state index is 0.239. The van der Waals surface area contributed by atoms with Gasteiger partial charge in [0.15, 0.2) is 0 Å². The molecular weight excluding hydrogens is 154 g/mol. The number of rotatable bonds is 2. The monoisotopic (exact) mass is 173 g/mol. The van der Waals surface area contributed by atoms with Crippen molar-refractivity contribution in [1.82, 2.24) is 4.90 Å². The minimum Gasteiger partial charge on any atom is -0.396 e. The molecule has 0 amide bonds. The standard InChI is InChI=1S/C9H19NO2/c1-8(2)10-3-4-12-7-9(5-10)6-11/h8-9,11H,3-7H2,1-2H3/t9-/m0/s1. The van der Waals surface area contributed by atoms with Crippen molar-refractivity contribution in [1.29, 1.82) is 0 Å². The second kappa shape index (κ2) is 4.80. The van der Waals surface area contributed by atoms with E-state index in [0.29, 0.717) is 18.6 Å². The van der Waals surface area contributed by atoms with Gasteiger partial charge >= 0.3 is 0 Å². The Balaban J connectivity index is 2.42. The maximum absolute atomic E-state index is 9.01. The zero-order valence-electron chi connectivity index (χ0n) is 7.99. The van der Waals surface area contributed by atoms with Gasteiger partial charge in [-0.15, -0.1) is 0 Å². The van der Waals surface area contributed by atoms with E-state index < -0.39 is 0 Å². The molecule has 1 fully saturated rings. The average molecular weight is 173 g/mol. The smallest absolute Gasteiger partial charge is 0.0593 e. The number of aliphatic hydroxyl groups is 1. The third-order valence-corrected chi connectivity index (χ3v) is 2.36. The summed E-state index contributed by atoms with van der Waals surface area (Å²) in [5.41, 5.74) is 0. The Bertz CT molecular complexity index is 128. The van der Waals surface area contributed by atoms with Gasteiger partial charge in [0, 0.05) is 31.7 Å². The highest BCUT2D eigenvalue weighted by Gasteiger charge is 2.19. The average Bonchev–Trinajstić information content (AvgIpc) is 2.28. The van der Waals surface area contributed by atoms with E-state index in [9.17, 15) is 0 Å². The molecule has 0 aliphatic carbocycles. The van der Waals surface area contributed by atoms with Crippen LogP contribution in [0, 0.1) is 5.92 Å². The topological polar surface area (TPSA) is 32.7 Å². The molecule has 1 rings (SSSR count).